The molecule has 3 aromatic carbocycles. The third-order valence-electron chi connectivity index (χ3n) is 4.70. The zero-order chi connectivity index (χ0) is 24.1. The molecule has 0 bridgehead atoms. The van der Waals surface area contributed by atoms with E-state index in [1.54, 1.807) is 66.7 Å². The number of hydrogen-bond acceptors (Lipinski definition) is 6. The van der Waals surface area contributed by atoms with E-state index in [-0.39, 0.29) is 17.3 Å². The predicted molar refractivity (Wildman–Crippen MR) is 134 cm³/mol. The van der Waals surface area contributed by atoms with Gasteiger partial charge in [0, 0.05) is 21.1 Å². The maximum Gasteiger partial charge on any atom is 0.363 e. The number of esters is 2. The molecule has 0 aromatic heterocycles. The van der Waals surface area contributed by atoms with E-state index < -0.39 is 11.9 Å². The monoisotopic (exact) mass is 537 g/mol. The number of carbonyl (C=O) groups excluding carboxylic acids is 2. The van der Waals surface area contributed by atoms with Gasteiger partial charge in [-0.15, -0.1) is 0 Å². The Kier molecular flexibility index (Phi) is 7.25. The van der Waals surface area contributed by atoms with Gasteiger partial charge in [0.2, 0.25) is 5.90 Å². The lowest BCUT2D eigenvalue weighted by Gasteiger charge is -2.08. The van der Waals surface area contributed by atoms with Crippen molar-refractivity contribution in [2.75, 3.05) is 7.11 Å². The van der Waals surface area contributed by atoms with Gasteiger partial charge in [-0.1, -0.05) is 45.7 Å². The van der Waals surface area contributed by atoms with Crippen LogP contribution in [0.15, 0.2) is 88.0 Å². The van der Waals surface area contributed by atoms with E-state index >= 15 is 0 Å². The average Bonchev–Trinajstić information content (AvgIpc) is 3.20. The molecule has 0 radical (unpaired) electrons. The number of aliphatic imine (C=N–C) groups is 1. The Hall–Kier alpha value is -3.68. The van der Waals surface area contributed by atoms with Gasteiger partial charge in [0.15, 0.2) is 17.2 Å². The van der Waals surface area contributed by atoms with E-state index in [1.165, 1.54) is 13.2 Å². The Morgan fingerprint density at radius 1 is 1.00 bits per heavy atom. The van der Waals surface area contributed by atoms with Crippen molar-refractivity contribution in [2.45, 2.75) is 0 Å². The Labute approximate surface area is 209 Å². The van der Waals surface area contributed by atoms with Gasteiger partial charge in [0.1, 0.15) is 0 Å². The molecule has 4 rings (SSSR count). The van der Waals surface area contributed by atoms with Crippen LogP contribution in [0.25, 0.3) is 12.2 Å². The maximum atomic E-state index is 12.3. The molecule has 34 heavy (non-hydrogen) atoms. The van der Waals surface area contributed by atoms with Crippen molar-refractivity contribution < 1.29 is 23.8 Å². The molecule has 3 aromatic rings. The summed E-state index contributed by atoms with van der Waals surface area (Å²) in [6.45, 7) is 0. The Balaban J connectivity index is 1.50. The Bertz CT molecular complexity index is 1330. The molecular weight excluding hydrogens is 522 g/mol. The summed E-state index contributed by atoms with van der Waals surface area (Å²) in [6.07, 6.45) is 4.50. The third kappa shape index (κ3) is 5.81. The molecule has 0 atom stereocenters. The molecule has 1 aliphatic rings. The number of hydrogen-bond donors (Lipinski definition) is 0. The van der Waals surface area contributed by atoms with Crippen LogP contribution in [0.1, 0.15) is 16.7 Å². The smallest absolute Gasteiger partial charge is 0.363 e. The summed E-state index contributed by atoms with van der Waals surface area (Å²) in [5, 5.41) is 0.612. The normalized spacial score (nSPS) is 14.3. The number of rotatable bonds is 6. The lowest BCUT2D eigenvalue weighted by atomic mass is 10.1. The fourth-order valence-electron chi connectivity index (χ4n) is 3.02. The fraction of sp³-hybridized carbons (Fsp3) is 0.0385. The van der Waals surface area contributed by atoms with Gasteiger partial charge in [-0.3, -0.25) is 0 Å². The highest BCUT2D eigenvalue weighted by Crippen LogP contribution is 2.30. The average molecular weight is 539 g/mol. The van der Waals surface area contributed by atoms with Crippen LogP contribution in [0.4, 0.5) is 0 Å². The minimum Gasteiger partial charge on any atom is -0.493 e. The largest absolute Gasteiger partial charge is 0.493 e. The summed E-state index contributed by atoms with van der Waals surface area (Å²) in [5.74, 6) is -0.328. The third-order valence-corrected chi connectivity index (χ3v) is 5.48. The molecule has 0 saturated heterocycles. The van der Waals surface area contributed by atoms with Gasteiger partial charge in [-0.05, 0) is 71.8 Å². The highest BCUT2D eigenvalue weighted by molar-refractivity contribution is 9.10. The molecule has 6 nitrogen and oxygen atoms in total. The molecular formula is C26H17BrClNO5. The van der Waals surface area contributed by atoms with Crippen molar-refractivity contribution in [3.63, 3.8) is 0 Å². The van der Waals surface area contributed by atoms with Crippen molar-refractivity contribution in [1.82, 2.24) is 0 Å². The molecule has 170 valence electrons. The Morgan fingerprint density at radius 3 is 2.41 bits per heavy atom. The minimum atomic E-state index is -0.567. The lowest BCUT2D eigenvalue weighted by Crippen LogP contribution is -2.05. The molecule has 8 heteroatoms. The van der Waals surface area contributed by atoms with Gasteiger partial charge in [0.05, 0.1) is 7.11 Å². The van der Waals surface area contributed by atoms with E-state index in [0.29, 0.717) is 21.9 Å². The highest BCUT2D eigenvalue weighted by Gasteiger charge is 2.24. The van der Waals surface area contributed by atoms with E-state index in [0.717, 1.165) is 10.0 Å². The topological polar surface area (TPSA) is 74.2 Å². The lowest BCUT2D eigenvalue weighted by molar-refractivity contribution is -0.130. The molecule has 1 aliphatic heterocycles. The Morgan fingerprint density at radius 2 is 1.71 bits per heavy atom. The molecule has 0 saturated carbocycles. The van der Waals surface area contributed by atoms with Crippen molar-refractivity contribution >= 4 is 57.5 Å². The SMILES string of the molecule is COc1cc(/C=C2\N=C(c3ccc(Br)cc3)OC2=O)ccc1OC(=O)/C=C/c1ccc(Cl)cc1. The van der Waals surface area contributed by atoms with E-state index in [2.05, 4.69) is 20.9 Å². The summed E-state index contributed by atoms with van der Waals surface area (Å²) in [5.41, 5.74) is 2.27. The minimum absolute atomic E-state index is 0.149. The first-order valence-electron chi connectivity index (χ1n) is 10.0. The molecule has 0 fully saturated rings. The molecule has 1 heterocycles. The van der Waals surface area contributed by atoms with Crippen LogP contribution in [0.2, 0.25) is 5.02 Å². The second kappa shape index (κ2) is 10.5. The summed E-state index contributed by atoms with van der Waals surface area (Å²) < 4.78 is 16.9. The van der Waals surface area contributed by atoms with Crippen LogP contribution in [0.5, 0.6) is 11.5 Å². The quantitative estimate of drug-likeness (QED) is 0.216. The number of nitrogens with zero attached hydrogens (tertiary/aromatic N) is 1. The van der Waals surface area contributed by atoms with Crippen LogP contribution in [-0.2, 0) is 14.3 Å². The van der Waals surface area contributed by atoms with E-state index in [1.807, 2.05) is 12.1 Å². The van der Waals surface area contributed by atoms with Crippen LogP contribution in [0.3, 0.4) is 0 Å². The second-order valence-electron chi connectivity index (χ2n) is 7.06. The van der Waals surface area contributed by atoms with E-state index in [9.17, 15) is 9.59 Å². The summed E-state index contributed by atoms with van der Waals surface area (Å²) in [7, 11) is 1.46. The van der Waals surface area contributed by atoms with Gasteiger partial charge >= 0.3 is 11.9 Å². The number of ether oxygens (including phenoxy) is 3. The summed E-state index contributed by atoms with van der Waals surface area (Å²) in [4.78, 5) is 28.8. The van der Waals surface area contributed by atoms with Crippen molar-refractivity contribution in [3.05, 3.63) is 105 Å². The maximum absolute atomic E-state index is 12.3. The standard InChI is InChI=1S/C26H17BrClNO5/c1-32-23-15-17(14-21-26(31)34-25(29-21)18-6-8-19(27)9-7-18)4-12-22(23)33-24(30)13-5-16-2-10-20(28)11-3-16/h2-15H,1H3/b13-5+,21-14-. The number of cyclic esters (lactones) is 1. The number of halogens is 2. The summed E-state index contributed by atoms with van der Waals surface area (Å²) >= 11 is 9.23. The van der Waals surface area contributed by atoms with Gasteiger partial charge < -0.3 is 14.2 Å². The first kappa shape index (κ1) is 23.5. The first-order valence-corrected chi connectivity index (χ1v) is 11.2. The van der Waals surface area contributed by atoms with E-state index in [4.69, 9.17) is 25.8 Å². The molecule has 0 aliphatic carbocycles. The number of methoxy groups -OCH3 is 1. The van der Waals surface area contributed by atoms with Crippen LogP contribution in [-0.4, -0.2) is 24.9 Å². The number of benzene rings is 3. The molecule has 0 amide bonds. The van der Waals surface area contributed by atoms with Crippen LogP contribution in [0, 0.1) is 0 Å². The van der Waals surface area contributed by atoms with Gasteiger partial charge in [-0.2, -0.15) is 0 Å². The van der Waals surface area contributed by atoms with Crippen molar-refractivity contribution in [3.8, 4) is 11.5 Å². The molecule has 0 unspecified atom stereocenters. The molecule has 0 spiro atoms. The predicted octanol–water partition coefficient (Wildman–Crippen LogP) is 6.07. The molecule has 0 N–H and O–H groups in total. The zero-order valence-electron chi connectivity index (χ0n) is 17.8. The van der Waals surface area contributed by atoms with Gasteiger partial charge in [-0.25, -0.2) is 14.6 Å². The fourth-order valence-corrected chi connectivity index (χ4v) is 3.41. The summed E-state index contributed by atoms with van der Waals surface area (Å²) in [6, 6.07) is 19.2. The van der Waals surface area contributed by atoms with Crippen LogP contribution >= 0.6 is 27.5 Å². The number of carbonyl (C=O) groups is 2. The second-order valence-corrected chi connectivity index (χ2v) is 8.41. The van der Waals surface area contributed by atoms with Crippen molar-refractivity contribution in [1.29, 1.82) is 0 Å². The van der Waals surface area contributed by atoms with Crippen molar-refractivity contribution in [2.24, 2.45) is 4.99 Å². The highest BCUT2D eigenvalue weighted by atomic mass is 79.9. The van der Waals surface area contributed by atoms with Crippen LogP contribution < -0.4 is 9.47 Å². The van der Waals surface area contributed by atoms with Gasteiger partial charge in [0.25, 0.3) is 0 Å². The zero-order valence-corrected chi connectivity index (χ0v) is 20.2. The first-order chi connectivity index (χ1) is 16.4.